The molecule has 11 heteroatoms. The first-order chi connectivity index (χ1) is 15.4. The van der Waals surface area contributed by atoms with Gasteiger partial charge < -0.3 is 10.3 Å². The molecule has 2 atom stereocenters. The summed E-state index contributed by atoms with van der Waals surface area (Å²) in [6, 6.07) is 6.53. The van der Waals surface area contributed by atoms with E-state index in [1.165, 1.54) is 18.5 Å². The summed E-state index contributed by atoms with van der Waals surface area (Å²) in [6.45, 7) is 3.52. The minimum Gasteiger partial charge on any atom is -0.369 e. The third-order valence-corrected chi connectivity index (χ3v) is 7.86. The molecule has 0 bridgehead atoms. The van der Waals surface area contributed by atoms with Crippen LogP contribution in [0.4, 0.5) is 4.39 Å². The van der Waals surface area contributed by atoms with E-state index < -0.39 is 16.4 Å². The summed E-state index contributed by atoms with van der Waals surface area (Å²) in [5.74, 6) is 1.51. The lowest BCUT2D eigenvalue weighted by atomic mass is 9.92. The van der Waals surface area contributed by atoms with Crippen LogP contribution in [0.15, 0.2) is 50.5 Å². The molecule has 2 aliphatic heterocycles. The van der Waals surface area contributed by atoms with Gasteiger partial charge in [-0.1, -0.05) is 16.8 Å². The van der Waals surface area contributed by atoms with Crippen molar-refractivity contribution in [1.82, 2.24) is 19.4 Å². The van der Waals surface area contributed by atoms with Crippen LogP contribution in [-0.4, -0.2) is 44.2 Å². The average molecular weight is 474 g/mol. The van der Waals surface area contributed by atoms with Crippen molar-refractivity contribution < 1.29 is 8.91 Å². The first-order valence-electron chi connectivity index (χ1n) is 10.2. The van der Waals surface area contributed by atoms with Gasteiger partial charge in [0.05, 0.1) is 10.8 Å². The predicted octanol–water partition coefficient (Wildman–Crippen LogP) is 3.95. The zero-order valence-corrected chi connectivity index (χ0v) is 18.9. The largest absolute Gasteiger partial charge is 0.369 e. The Hall–Kier alpha value is -2.85. The van der Waals surface area contributed by atoms with E-state index in [-0.39, 0.29) is 5.82 Å². The lowest BCUT2D eigenvalue weighted by molar-refractivity contribution is 0.433. The second-order valence-corrected chi connectivity index (χ2v) is 9.99. The van der Waals surface area contributed by atoms with E-state index in [0.717, 1.165) is 25.9 Å². The number of guanidine groups is 1. The maximum atomic E-state index is 15.0. The van der Waals surface area contributed by atoms with Crippen LogP contribution >= 0.6 is 11.6 Å². The van der Waals surface area contributed by atoms with E-state index in [9.17, 15) is 0 Å². The number of hydrogen-bond acceptors (Lipinski definition) is 8. The van der Waals surface area contributed by atoms with E-state index in [4.69, 9.17) is 31.2 Å². The highest BCUT2D eigenvalue weighted by Crippen LogP contribution is 2.36. The van der Waals surface area contributed by atoms with Crippen LogP contribution in [0.2, 0.25) is 5.02 Å². The second-order valence-electron chi connectivity index (χ2n) is 7.89. The monoisotopic (exact) mass is 473 g/mol. The average Bonchev–Trinajstić information content (AvgIpc) is 3.14. The van der Waals surface area contributed by atoms with Gasteiger partial charge in [0.15, 0.2) is 17.3 Å². The van der Waals surface area contributed by atoms with Gasteiger partial charge in [0.2, 0.25) is 5.96 Å². The standard InChI is InChI=1S/C21H21ClFN7OS/c1-21(12-32-27-6-2-3-7-30(32)20(24)28-21)15-8-13(4-5-16(15)23)18-9-17(29-31-18)19-25-10-14(22)11-26-19/h4-5,8-11H,2-3,6-7,12H2,1H3,(H2,24,28)/t21-,32+/m0/s1. The first kappa shape index (κ1) is 21.0. The van der Waals surface area contributed by atoms with Gasteiger partial charge in [-0.15, -0.1) is 0 Å². The van der Waals surface area contributed by atoms with E-state index in [0.29, 0.717) is 45.1 Å². The second kappa shape index (κ2) is 8.25. The van der Waals surface area contributed by atoms with Crippen molar-refractivity contribution >= 4 is 28.4 Å². The number of aliphatic imine (C=N–C) groups is 1. The Kier molecular flexibility index (Phi) is 5.42. The number of aromatic nitrogens is 3. The first-order valence-corrected chi connectivity index (χ1v) is 11.9. The summed E-state index contributed by atoms with van der Waals surface area (Å²) in [5, 5.41) is 4.48. The molecule has 2 aliphatic rings. The third kappa shape index (κ3) is 3.88. The van der Waals surface area contributed by atoms with Gasteiger partial charge in [-0.25, -0.2) is 23.7 Å². The molecule has 0 aliphatic carbocycles. The van der Waals surface area contributed by atoms with Gasteiger partial charge >= 0.3 is 0 Å². The number of hydrogen-bond donors (Lipinski definition) is 1. The Balaban J connectivity index is 1.51. The maximum absolute atomic E-state index is 15.0. The van der Waals surface area contributed by atoms with Crippen molar-refractivity contribution in [3.05, 3.63) is 53.1 Å². The van der Waals surface area contributed by atoms with E-state index in [1.807, 2.05) is 11.2 Å². The lowest BCUT2D eigenvalue weighted by Crippen LogP contribution is -2.49. The predicted molar refractivity (Wildman–Crippen MR) is 122 cm³/mol. The van der Waals surface area contributed by atoms with Crippen molar-refractivity contribution in [3.63, 3.8) is 0 Å². The Morgan fingerprint density at radius 2 is 2.03 bits per heavy atom. The molecule has 2 aromatic heterocycles. The molecular formula is C21H21ClFN7OS. The molecule has 0 spiro atoms. The van der Waals surface area contributed by atoms with Gasteiger partial charge in [0.25, 0.3) is 0 Å². The van der Waals surface area contributed by atoms with Crippen LogP contribution in [0, 0.1) is 5.82 Å². The molecule has 2 N–H and O–H groups in total. The summed E-state index contributed by atoms with van der Waals surface area (Å²) >= 11 is 5.85. The van der Waals surface area contributed by atoms with Gasteiger partial charge in [-0.05, 0) is 48.8 Å². The van der Waals surface area contributed by atoms with Crippen LogP contribution < -0.4 is 5.73 Å². The topological polar surface area (TPSA) is 106 Å². The van der Waals surface area contributed by atoms with Crippen molar-refractivity contribution in [3.8, 4) is 22.8 Å². The third-order valence-electron chi connectivity index (χ3n) is 5.48. The molecule has 0 saturated carbocycles. The number of rotatable bonds is 3. The summed E-state index contributed by atoms with van der Waals surface area (Å²) in [4.78, 5) is 13.0. The van der Waals surface area contributed by atoms with E-state index in [2.05, 4.69) is 15.1 Å². The maximum Gasteiger partial charge on any atom is 0.203 e. The van der Waals surface area contributed by atoms with Crippen LogP contribution in [-0.2, 0) is 16.4 Å². The van der Waals surface area contributed by atoms with E-state index >= 15 is 4.39 Å². The van der Waals surface area contributed by atoms with Crippen molar-refractivity contribution in [2.24, 2.45) is 15.1 Å². The minimum atomic E-state index is -0.834. The number of nitrogens with zero attached hydrogens (tertiary/aromatic N) is 6. The van der Waals surface area contributed by atoms with Gasteiger partial charge in [0, 0.05) is 42.7 Å². The molecule has 0 unspecified atom stereocenters. The van der Waals surface area contributed by atoms with Crippen molar-refractivity contribution in [2.75, 3.05) is 18.8 Å². The molecule has 3 aromatic rings. The lowest BCUT2D eigenvalue weighted by Gasteiger charge is -2.38. The smallest absolute Gasteiger partial charge is 0.203 e. The van der Waals surface area contributed by atoms with E-state index in [1.54, 1.807) is 18.2 Å². The zero-order chi connectivity index (χ0) is 22.3. The molecule has 1 aromatic carbocycles. The highest BCUT2D eigenvalue weighted by Gasteiger charge is 2.38. The Labute approximate surface area is 191 Å². The van der Waals surface area contributed by atoms with Crippen molar-refractivity contribution in [2.45, 2.75) is 25.3 Å². The normalized spacial score (nSPS) is 23.2. The molecule has 32 heavy (non-hydrogen) atoms. The Bertz CT molecular complexity index is 1230. The number of benzene rings is 1. The molecule has 8 nitrogen and oxygen atoms in total. The van der Waals surface area contributed by atoms with Crippen LogP contribution in [0.5, 0.6) is 0 Å². The van der Waals surface area contributed by atoms with Gasteiger partial charge in [0.1, 0.15) is 11.4 Å². The molecule has 0 saturated heterocycles. The van der Waals surface area contributed by atoms with Crippen LogP contribution in [0.25, 0.3) is 22.8 Å². The Morgan fingerprint density at radius 3 is 2.84 bits per heavy atom. The SMILES string of the molecule is C[C@@]1(c2cc(-c3cc(-c4ncc(Cl)cn4)no3)ccc2F)C[S@@]2=NCCCCN2C(N)=N1. The highest BCUT2D eigenvalue weighted by molar-refractivity contribution is 7.85. The highest BCUT2D eigenvalue weighted by atomic mass is 35.5. The van der Waals surface area contributed by atoms with Crippen LogP contribution in [0.1, 0.15) is 25.3 Å². The summed E-state index contributed by atoms with van der Waals surface area (Å²) in [7, 11) is -0.429. The van der Waals surface area contributed by atoms with Gasteiger partial charge in [-0.2, -0.15) is 0 Å². The molecule has 4 heterocycles. The molecule has 0 fully saturated rings. The Morgan fingerprint density at radius 1 is 1.22 bits per heavy atom. The summed E-state index contributed by atoms with van der Waals surface area (Å²) in [6.07, 6.45) is 5.03. The molecule has 5 rings (SSSR count). The molecular weight excluding hydrogens is 453 g/mol. The molecule has 166 valence electrons. The molecule has 0 amide bonds. The zero-order valence-electron chi connectivity index (χ0n) is 17.3. The minimum absolute atomic E-state index is 0.347. The fraction of sp³-hybridized carbons (Fsp3) is 0.333. The van der Waals surface area contributed by atoms with Crippen molar-refractivity contribution in [1.29, 1.82) is 0 Å². The fourth-order valence-electron chi connectivity index (χ4n) is 3.84. The summed E-state index contributed by atoms with van der Waals surface area (Å²) in [5.41, 5.74) is 7.05. The number of nitrogens with two attached hydrogens (primary N) is 1. The van der Waals surface area contributed by atoms with Crippen LogP contribution in [0.3, 0.4) is 0 Å². The number of halogens is 2. The van der Waals surface area contributed by atoms with Gasteiger partial charge in [-0.3, -0.25) is 4.31 Å². The fourth-order valence-corrected chi connectivity index (χ4v) is 5.98. The molecule has 0 radical (unpaired) electrons. The quantitative estimate of drug-likeness (QED) is 0.617. The number of fused-ring (bicyclic) bond motifs is 1. The summed E-state index contributed by atoms with van der Waals surface area (Å²) < 4.78 is 27.4.